The second-order valence-electron chi connectivity index (χ2n) is 8.44. The average molecular weight is 542 g/mol. The number of aryl methyl sites for hydroxylation is 1. The summed E-state index contributed by atoms with van der Waals surface area (Å²) in [6.07, 6.45) is -4.16. The van der Waals surface area contributed by atoms with Crippen molar-refractivity contribution in [2.45, 2.75) is 25.7 Å². The normalized spacial score (nSPS) is 12.3. The van der Waals surface area contributed by atoms with Crippen LogP contribution in [-0.4, -0.2) is 9.55 Å². The molecule has 1 aliphatic heterocycles. The monoisotopic (exact) mass is 541 g/mol. The van der Waals surface area contributed by atoms with Crippen LogP contribution in [0.1, 0.15) is 22.3 Å². The molecule has 6 nitrogen and oxygen atoms in total. The molecule has 0 spiro atoms. The van der Waals surface area contributed by atoms with Crippen LogP contribution in [0.2, 0.25) is 5.02 Å². The molecule has 5 rings (SSSR count). The van der Waals surface area contributed by atoms with E-state index < -0.39 is 22.5 Å². The number of nitriles is 1. The highest BCUT2D eigenvalue weighted by molar-refractivity contribution is 6.31. The maximum absolute atomic E-state index is 13.6. The van der Waals surface area contributed by atoms with Crippen molar-refractivity contribution in [3.63, 3.8) is 0 Å². The van der Waals surface area contributed by atoms with Gasteiger partial charge in [-0.2, -0.15) is 23.4 Å². The molecule has 0 atom stereocenters. The van der Waals surface area contributed by atoms with Crippen LogP contribution in [0.4, 0.5) is 17.6 Å². The van der Waals surface area contributed by atoms with E-state index in [1.165, 1.54) is 34.9 Å². The van der Waals surface area contributed by atoms with Crippen LogP contribution in [0.15, 0.2) is 65.5 Å². The Bertz CT molecular complexity index is 1660. The van der Waals surface area contributed by atoms with E-state index in [-0.39, 0.29) is 35.4 Å². The highest BCUT2D eigenvalue weighted by Gasteiger charge is 2.33. The first-order valence-electron chi connectivity index (χ1n) is 11.2. The van der Waals surface area contributed by atoms with Crippen molar-refractivity contribution in [3.8, 4) is 34.7 Å². The van der Waals surface area contributed by atoms with Gasteiger partial charge in [0.15, 0.2) is 0 Å². The number of rotatable bonds is 5. The summed E-state index contributed by atoms with van der Waals surface area (Å²) in [7, 11) is 0. The molecule has 0 amide bonds. The molecule has 1 aliphatic rings. The Morgan fingerprint density at radius 2 is 1.89 bits per heavy atom. The predicted octanol–water partition coefficient (Wildman–Crippen LogP) is 6.52. The van der Waals surface area contributed by atoms with E-state index in [4.69, 9.17) is 21.1 Å². The van der Waals surface area contributed by atoms with E-state index >= 15 is 0 Å². The lowest BCUT2D eigenvalue weighted by molar-refractivity contribution is -0.137. The van der Waals surface area contributed by atoms with E-state index in [1.54, 1.807) is 18.2 Å². The number of benzene rings is 3. The zero-order chi connectivity index (χ0) is 27.0. The van der Waals surface area contributed by atoms with Gasteiger partial charge in [0, 0.05) is 18.2 Å². The van der Waals surface area contributed by atoms with Gasteiger partial charge in [-0.05, 0) is 66.1 Å². The van der Waals surface area contributed by atoms with Gasteiger partial charge in [-0.25, -0.2) is 9.18 Å². The number of alkyl halides is 3. The fourth-order valence-electron chi connectivity index (χ4n) is 4.16. The lowest BCUT2D eigenvalue weighted by atomic mass is 9.98. The minimum atomic E-state index is -4.67. The molecule has 1 aromatic heterocycles. The van der Waals surface area contributed by atoms with Gasteiger partial charge in [-0.1, -0.05) is 17.7 Å². The van der Waals surface area contributed by atoms with Gasteiger partial charge in [0.1, 0.15) is 30.0 Å². The zero-order valence-corrected chi connectivity index (χ0v) is 20.1. The van der Waals surface area contributed by atoms with Crippen LogP contribution in [0.25, 0.3) is 11.3 Å². The van der Waals surface area contributed by atoms with Crippen LogP contribution in [-0.2, 0) is 25.7 Å². The Morgan fingerprint density at radius 1 is 1.08 bits per heavy atom. The molecule has 38 heavy (non-hydrogen) atoms. The fraction of sp³-hybridized carbons (Fsp3) is 0.148. The largest absolute Gasteiger partial charge is 0.473 e. The standard InChI is InChI=1S/C27H16ClF4N3O3/c28-22-5-3-19(11-21(22)27(30,31)32)38-24-6-1-15(9-17(24)13-33)14-37-25-12-23-20-4-2-18(29)10-16(20)7-8-35(23)26(36)34-25/h1-6,9-12H,7-8,14H2. The Kier molecular flexibility index (Phi) is 6.55. The number of halogens is 5. The van der Waals surface area contributed by atoms with Crippen molar-refractivity contribution in [2.24, 2.45) is 0 Å². The average Bonchev–Trinajstić information content (AvgIpc) is 2.88. The summed E-state index contributed by atoms with van der Waals surface area (Å²) >= 11 is 5.65. The van der Waals surface area contributed by atoms with E-state index in [1.807, 2.05) is 6.07 Å². The van der Waals surface area contributed by atoms with Crippen LogP contribution in [0.3, 0.4) is 0 Å². The molecule has 0 unspecified atom stereocenters. The molecule has 0 bridgehead atoms. The number of fused-ring (bicyclic) bond motifs is 3. The van der Waals surface area contributed by atoms with Crippen molar-refractivity contribution in [1.29, 1.82) is 5.26 Å². The summed E-state index contributed by atoms with van der Waals surface area (Å²) in [5, 5.41) is 9.09. The lowest BCUT2D eigenvalue weighted by Crippen LogP contribution is -2.28. The Morgan fingerprint density at radius 3 is 2.66 bits per heavy atom. The summed E-state index contributed by atoms with van der Waals surface area (Å²) in [4.78, 5) is 16.5. The third-order valence-electron chi connectivity index (χ3n) is 5.96. The molecule has 0 saturated carbocycles. The van der Waals surface area contributed by atoms with Crippen LogP contribution < -0.4 is 15.2 Å². The fourth-order valence-corrected chi connectivity index (χ4v) is 4.39. The van der Waals surface area contributed by atoms with Crippen molar-refractivity contribution in [3.05, 3.63) is 104 Å². The third-order valence-corrected chi connectivity index (χ3v) is 6.29. The molecule has 192 valence electrons. The summed E-state index contributed by atoms with van der Waals surface area (Å²) in [5.41, 5.74) is 1.08. The summed E-state index contributed by atoms with van der Waals surface area (Å²) < 4.78 is 65.8. The van der Waals surface area contributed by atoms with E-state index in [9.17, 15) is 27.6 Å². The molecule has 4 aromatic rings. The summed E-state index contributed by atoms with van der Waals surface area (Å²) in [5.74, 6) is -0.400. The second-order valence-corrected chi connectivity index (χ2v) is 8.84. The highest BCUT2D eigenvalue weighted by Crippen LogP contribution is 2.38. The molecule has 11 heteroatoms. The number of hydrogen-bond acceptors (Lipinski definition) is 5. The zero-order valence-electron chi connectivity index (χ0n) is 19.4. The molecule has 0 radical (unpaired) electrons. The van der Waals surface area contributed by atoms with E-state index in [2.05, 4.69) is 4.98 Å². The quantitative estimate of drug-likeness (QED) is 0.269. The maximum Gasteiger partial charge on any atom is 0.417 e. The van der Waals surface area contributed by atoms with Crippen molar-refractivity contribution >= 4 is 11.6 Å². The smallest absolute Gasteiger partial charge is 0.417 e. The van der Waals surface area contributed by atoms with Crippen molar-refractivity contribution in [1.82, 2.24) is 9.55 Å². The Hall–Kier alpha value is -4.36. The highest BCUT2D eigenvalue weighted by atomic mass is 35.5. The Balaban J connectivity index is 1.36. The van der Waals surface area contributed by atoms with Crippen molar-refractivity contribution in [2.75, 3.05) is 0 Å². The van der Waals surface area contributed by atoms with Gasteiger partial charge in [-0.3, -0.25) is 4.57 Å². The van der Waals surface area contributed by atoms with Gasteiger partial charge in [0.2, 0.25) is 5.88 Å². The number of nitrogens with zero attached hydrogens (tertiary/aromatic N) is 3. The lowest BCUT2D eigenvalue weighted by Gasteiger charge is -2.21. The number of ether oxygens (including phenoxy) is 2. The predicted molar refractivity (Wildman–Crippen MR) is 130 cm³/mol. The molecule has 0 fully saturated rings. The first-order chi connectivity index (χ1) is 18.1. The molecule has 0 aliphatic carbocycles. The maximum atomic E-state index is 13.6. The number of hydrogen-bond donors (Lipinski definition) is 0. The minimum Gasteiger partial charge on any atom is -0.473 e. The Labute approximate surface area is 218 Å². The molecule has 0 N–H and O–H groups in total. The van der Waals surface area contributed by atoms with Gasteiger partial charge >= 0.3 is 11.9 Å². The minimum absolute atomic E-state index is 0.0423. The molecule has 0 saturated heterocycles. The van der Waals surface area contributed by atoms with Gasteiger partial charge in [0.05, 0.1) is 21.8 Å². The van der Waals surface area contributed by atoms with Crippen LogP contribution in [0.5, 0.6) is 17.4 Å². The molecular formula is C27H16ClF4N3O3. The van der Waals surface area contributed by atoms with E-state index in [0.717, 1.165) is 17.7 Å². The topological polar surface area (TPSA) is 77.1 Å². The van der Waals surface area contributed by atoms with Gasteiger partial charge < -0.3 is 9.47 Å². The van der Waals surface area contributed by atoms with Gasteiger partial charge in [0.25, 0.3) is 0 Å². The van der Waals surface area contributed by atoms with Crippen LogP contribution >= 0.6 is 11.6 Å². The SMILES string of the molecule is N#Cc1cc(COc2cc3n(c(=O)n2)CCc2cc(F)ccc2-3)ccc1Oc1ccc(Cl)c(C(F)(F)F)c1. The first kappa shape index (κ1) is 25.3. The molecule has 3 aromatic carbocycles. The van der Waals surface area contributed by atoms with Crippen LogP contribution in [0, 0.1) is 17.1 Å². The first-order valence-corrected chi connectivity index (χ1v) is 11.6. The molecular weight excluding hydrogens is 526 g/mol. The van der Waals surface area contributed by atoms with Crippen molar-refractivity contribution < 1.29 is 27.0 Å². The third kappa shape index (κ3) is 5.06. The second kappa shape index (κ2) is 9.84. The number of aromatic nitrogens is 2. The van der Waals surface area contributed by atoms with E-state index in [0.29, 0.717) is 29.8 Å². The molecule has 2 heterocycles. The van der Waals surface area contributed by atoms with Gasteiger partial charge in [-0.15, -0.1) is 0 Å². The summed E-state index contributed by atoms with van der Waals surface area (Å²) in [6.45, 7) is 0.309. The summed E-state index contributed by atoms with van der Waals surface area (Å²) in [6, 6.07) is 15.5.